The van der Waals surface area contributed by atoms with Gasteiger partial charge < -0.3 is 4.74 Å². The molecule has 0 amide bonds. The van der Waals surface area contributed by atoms with Gasteiger partial charge in [0.1, 0.15) is 17.4 Å². The minimum Gasteiger partial charge on any atom is -0.486 e. The van der Waals surface area contributed by atoms with Gasteiger partial charge in [-0.05, 0) is 37.1 Å². The van der Waals surface area contributed by atoms with Crippen LogP contribution >= 0.6 is 11.3 Å². The zero-order valence-electron chi connectivity index (χ0n) is 14.6. The Morgan fingerprint density at radius 1 is 1.04 bits per heavy atom. The second-order valence-electron chi connectivity index (χ2n) is 6.22. The van der Waals surface area contributed by atoms with E-state index >= 15 is 0 Å². The van der Waals surface area contributed by atoms with Crippen LogP contribution in [0.5, 0.6) is 5.75 Å². The van der Waals surface area contributed by atoms with Crippen LogP contribution in [0.4, 0.5) is 0 Å². The Kier molecular flexibility index (Phi) is 5.20. The predicted molar refractivity (Wildman–Crippen MR) is 103 cm³/mol. The highest BCUT2D eigenvalue weighted by Crippen LogP contribution is 2.37. The molecule has 0 radical (unpaired) electrons. The SMILES string of the molecule is O=S(=O)(c1ccccc1)N1CCCC1c1nnc(COc2ccccc2)s1. The van der Waals surface area contributed by atoms with E-state index in [1.54, 1.807) is 28.6 Å². The average molecular weight is 402 g/mol. The summed E-state index contributed by atoms with van der Waals surface area (Å²) in [5, 5.41) is 9.89. The molecule has 0 bridgehead atoms. The van der Waals surface area contributed by atoms with Crippen molar-refractivity contribution >= 4 is 21.4 Å². The van der Waals surface area contributed by atoms with E-state index in [9.17, 15) is 8.42 Å². The standard InChI is InChI=1S/C19H19N3O3S2/c23-27(24,16-10-5-2-6-11-16)22-13-7-12-17(22)19-21-20-18(26-19)14-25-15-8-3-1-4-9-15/h1-6,8-11,17H,7,12-14H2. The van der Waals surface area contributed by atoms with Gasteiger partial charge in [-0.3, -0.25) is 0 Å². The Balaban J connectivity index is 1.50. The van der Waals surface area contributed by atoms with E-state index in [1.807, 2.05) is 36.4 Å². The monoisotopic (exact) mass is 401 g/mol. The van der Waals surface area contributed by atoms with E-state index in [1.165, 1.54) is 11.3 Å². The minimum atomic E-state index is -3.54. The summed E-state index contributed by atoms with van der Waals surface area (Å²) in [6.07, 6.45) is 1.56. The summed E-state index contributed by atoms with van der Waals surface area (Å²) in [7, 11) is -3.54. The number of hydrogen-bond donors (Lipinski definition) is 0. The van der Waals surface area contributed by atoms with Crippen LogP contribution in [0, 0.1) is 0 Å². The van der Waals surface area contributed by atoms with Crippen molar-refractivity contribution in [3.05, 3.63) is 70.7 Å². The third kappa shape index (κ3) is 3.87. The van der Waals surface area contributed by atoms with Crippen LogP contribution in [-0.4, -0.2) is 29.5 Å². The molecule has 6 nitrogen and oxygen atoms in total. The number of para-hydroxylation sites is 1. The lowest BCUT2D eigenvalue weighted by atomic mass is 10.2. The molecule has 1 saturated heterocycles. The summed E-state index contributed by atoms with van der Waals surface area (Å²) < 4.78 is 33.2. The van der Waals surface area contributed by atoms with Crippen molar-refractivity contribution in [3.8, 4) is 5.75 Å². The van der Waals surface area contributed by atoms with E-state index in [2.05, 4.69) is 10.2 Å². The van der Waals surface area contributed by atoms with Crippen LogP contribution in [-0.2, 0) is 16.6 Å². The molecule has 0 N–H and O–H groups in total. The van der Waals surface area contributed by atoms with E-state index in [0.29, 0.717) is 18.0 Å². The van der Waals surface area contributed by atoms with E-state index in [-0.39, 0.29) is 6.04 Å². The van der Waals surface area contributed by atoms with Gasteiger partial charge in [-0.25, -0.2) is 8.42 Å². The maximum absolute atomic E-state index is 13.0. The Morgan fingerprint density at radius 2 is 1.74 bits per heavy atom. The molecule has 1 fully saturated rings. The fraction of sp³-hybridized carbons (Fsp3) is 0.263. The number of hydrogen-bond acceptors (Lipinski definition) is 6. The van der Waals surface area contributed by atoms with Gasteiger partial charge in [-0.2, -0.15) is 4.31 Å². The quantitative estimate of drug-likeness (QED) is 0.630. The van der Waals surface area contributed by atoms with Gasteiger partial charge in [0.2, 0.25) is 10.0 Å². The zero-order chi connectivity index (χ0) is 18.7. The van der Waals surface area contributed by atoms with Crippen LogP contribution in [0.3, 0.4) is 0 Å². The molecule has 1 atom stereocenters. The van der Waals surface area contributed by atoms with Crippen LogP contribution in [0.15, 0.2) is 65.6 Å². The van der Waals surface area contributed by atoms with Crippen molar-refractivity contribution in [2.75, 3.05) is 6.54 Å². The highest BCUT2D eigenvalue weighted by Gasteiger charge is 2.38. The molecule has 2 heterocycles. The highest BCUT2D eigenvalue weighted by molar-refractivity contribution is 7.89. The van der Waals surface area contributed by atoms with Gasteiger partial charge in [-0.1, -0.05) is 47.7 Å². The lowest BCUT2D eigenvalue weighted by molar-refractivity contribution is 0.304. The van der Waals surface area contributed by atoms with Crippen molar-refractivity contribution in [1.29, 1.82) is 0 Å². The molecular formula is C19H19N3O3S2. The number of aromatic nitrogens is 2. The normalized spacial score (nSPS) is 17.9. The van der Waals surface area contributed by atoms with Gasteiger partial charge in [0.15, 0.2) is 5.01 Å². The average Bonchev–Trinajstić information content (AvgIpc) is 3.37. The molecular weight excluding hydrogens is 382 g/mol. The van der Waals surface area contributed by atoms with E-state index in [0.717, 1.165) is 28.6 Å². The number of ether oxygens (including phenoxy) is 1. The molecule has 1 aromatic heterocycles. The second kappa shape index (κ2) is 7.75. The first kappa shape index (κ1) is 18.1. The number of nitrogens with zero attached hydrogens (tertiary/aromatic N) is 3. The molecule has 1 unspecified atom stereocenters. The largest absolute Gasteiger partial charge is 0.486 e. The molecule has 4 rings (SSSR count). The van der Waals surface area contributed by atoms with Crippen LogP contribution in [0.1, 0.15) is 28.9 Å². The number of rotatable bonds is 6. The van der Waals surface area contributed by atoms with Crippen LogP contribution in [0.25, 0.3) is 0 Å². The van der Waals surface area contributed by atoms with Crippen LogP contribution < -0.4 is 4.74 Å². The van der Waals surface area contributed by atoms with Gasteiger partial charge in [0.05, 0.1) is 10.9 Å². The van der Waals surface area contributed by atoms with E-state index in [4.69, 9.17) is 4.74 Å². The molecule has 0 saturated carbocycles. The van der Waals surface area contributed by atoms with Crippen molar-refractivity contribution < 1.29 is 13.2 Å². The summed E-state index contributed by atoms with van der Waals surface area (Å²) >= 11 is 1.41. The fourth-order valence-electron chi connectivity index (χ4n) is 3.12. The lowest BCUT2D eigenvalue weighted by Crippen LogP contribution is -2.30. The molecule has 3 aromatic rings. The zero-order valence-corrected chi connectivity index (χ0v) is 16.2. The van der Waals surface area contributed by atoms with Crippen molar-refractivity contribution in [2.24, 2.45) is 0 Å². The molecule has 8 heteroatoms. The van der Waals surface area contributed by atoms with Gasteiger partial charge in [-0.15, -0.1) is 10.2 Å². The Hall–Kier alpha value is -2.29. The second-order valence-corrected chi connectivity index (χ2v) is 9.21. The Morgan fingerprint density at radius 3 is 2.48 bits per heavy atom. The smallest absolute Gasteiger partial charge is 0.243 e. The van der Waals surface area contributed by atoms with Crippen molar-refractivity contribution in [2.45, 2.75) is 30.4 Å². The number of sulfonamides is 1. The molecule has 2 aromatic carbocycles. The summed E-state index contributed by atoms with van der Waals surface area (Å²) in [5.74, 6) is 0.767. The molecule has 1 aliphatic heterocycles. The van der Waals surface area contributed by atoms with Gasteiger partial charge >= 0.3 is 0 Å². The summed E-state index contributed by atoms with van der Waals surface area (Å²) in [6, 6.07) is 17.8. The van der Waals surface area contributed by atoms with Gasteiger partial charge in [0, 0.05) is 6.54 Å². The summed E-state index contributed by atoms with van der Waals surface area (Å²) in [6.45, 7) is 0.817. The Bertz CT molecular complexity index is 991. The molecule has 1 aliphatic rings. The molecule has 27 heavy (non-hydrogen) atoms. The Labute approximate surface area is 162 Å². The fourth-order valence-corrected chi connectivity index (χ4v) is 5.78. The highest BCUT2D eigenvalue weighted by atomic mass is 32.2. The first-order valence-corrected chi connectivity index (χ1v) is 11.0. The van der Waals surface area contributed by atoms with Gasteiger partial charge in [0.25, 0.3) is 0 Å². The van der Waals surface area contributed by atoms with Crippen molar-refractivity contribution in [1.82, 2.24) is 14.5 Å². The molecule has 0 aliphatic carbocycles. The molecule has 0 spiro atoms. The van der Waals surface area contributed by atoms with Crippen molar-refractivity contribution in [3.63, 3.8) is 0 Å². The number of benzene rings is 2. The first-order valence-electron chi connectivity index (χ1n) is 8.71. The third-order valence-electron chi connectivity index (χ3n) is 4.43. The van der Waals surface area contributed by atoms with E-state index < -0.39 is 10.0 Å². The third-order valence-corrected chi connectivity index (χ3v) is 7.35. The topological polar surface area (TPSA) is 72.4 Å². The minimum absolute atomic E-state index is 0.266. The maximum atomic E-state index is 13.0. The first-order chi connectivity index (χ1) is 13.1. The maximum Gasteiger partial charge on any atom is 0.243 e. The van der Waals surface area contributed by atoms with Crippen LogP contribution in [0.2, 0.25) is 0 Å². The lowest BCUT2D eigenvalue weighted by Gasteiger charge is -2.22. The summed E-state index contributed by atoms with van der Waals surface area (Å²) in [4.78, 5) is 0.314. The molecule has 140 valence electrons. The summed E-state index contributed by atoms with van der Waals surface area (Å²) in [5.41, 5.74) is 0. The predicted octanol–water partition coefficient (Wildman–Crippen LogP) is 3.64.